The fourth-order valence-corrected chi connectivity index (χ4v) is 2.09. The molecule has 0 spiro atoms. The predicted octanol–water partition coefficient (Wildman–Crippen LogP) is 3.55. The van der Waals surface area contributed by atoms with Gasteiger partial charge in [-0.25, -0.2) is 9.59 Å². The second kappa shape index (κ2) is 7.14. The third kappa shape index (κ3) is 4.13. The minimum atomic E-state index is -1.17. The van der Waals surface area contributed by atoms with Gasteiger partial charge in [-0.05, 0) is 25.0 Å². The molecule has 6 heteroatoms. The van der Waals surface area contributed by atoms with E-state index in [1.807, 2.05) is 20.8 Å². The first kappa shape index (κ1) is 16.3. The summed E-state index contributed by atoms with van der Waals surface area (Å²) in [5.74, 6) is -0.836. The maximum Gasteiger partial charge on any atom is 0.339 e. The van der Waals surface area contributed by atoms with Gasteiger partial charge < -0.3 is 15.3 Å². The average Bonchev–Trinajstić information content (AvgIpc) is 2.35. The van der Waals surface area contributed by atoms with E-state index in [1.54, 1.807) is 11.0 Å². The first-order chi connectivity index (χ1) is 9.36. The Bertz CT molecular complexity index is 503. The van der Waals surface area contributed by atoms with Crippen LogP contribution in [0.2, 0.25) is 5.02 Å². The molecule has 0 heterocycles. The van der Waals surface area contributed by atoms with Crippen molar-refractivity contribution in [3.63, 3.8) is 0 Å². The average molecular weight is 299 g/mol. The Morgan fingerprint density at radius 3 is 2.55 bits per heavy atom. The number of benzene rings is 1. The van der Waals surface area contributed by atoms with Crippen molar-refractivity contribution in [2.45, 2.75) is 20.8 Å². The zero-order chi connectivity index (χ0) is 15.3. The molecule has 20 heavy (non-hydrogen) atoms. The van der Waals surface area contributed by atoms with Crippen LogP contribution in [0, 0.1) is 5.92 Å². The number of carboxylic acid groups (broad SMARTS) is 1. The summed E-state index contributed by atoms with van der Waals surface area (Å²) < 4.78 is 0. The van der Waals surface area contributed by atoms with Gasteiger partial charge in [-0.15, -0.1) is 0 Å². The van der Waals surface area contributed by atoms with Gasteiger partial charge in [-0.2, -0.15) is 0 Å². The van der Waals surface area contributed by atoms with E-state index in [1.165, 1.54) is 12.1 Å². The number of carbonyl (C=O) groups is 2. The lowest BCUT2D eigenvalue weighted by Gasteiger charge is -2.23. The molecule has 0 saturated heterocycles. The third-order valence-corrected chi connectivity index (χ3v) is 3.04. The van der Waals surface area contributed by atoms with Crippen LogP contribution >= 0.6 is 11.6 Å². The van der Waals surface area contributed by atoms with Crippen molar-refractivity contribution in [2.24, 2.45) is 5.92 Å². The Morgan fingerprint density at radius 1 is 1.40 bits per heavy atom. The van der Waals surface area contributed by atoms with E-state index in [2.05, 4.69) is 5.32 Å². The molecule has 0 aliphatic heterocycles. The van der Waals surface area contributed by atoms with Gasteiger partial charge in [0.2, 0.25) is 0 Å². The number of carbonyl (C=O) groups excluding carboxylic acids is 1. The van der Waals surface area contributed by atoms with E-state index >= 15 is 0 Å². The Balaban J connectivity index is 2.95. The summed E-state index contributed by atoms with van der Waals surface area (Å²) in [7, 11) is 0. The number of aromatic carboxylic acids is 1. The zero-order valence-electron chi connectivity index (χ0n) is 11.8. The number of rotatable bonds is 5. The van der Waals surface area contributed by atoms with Crippen LogP contribution in [-0.2, 0) is 0 Å². The molecule has 0 bridgehead atoms. The second-order valence-electron chi connectivity index (χ2n) is 4.83. The topological polar surface area (TPSA) is 69.6 Å². The van der Waals surface area contributed by atoms with E-state index in [0.717, 1.165) is 0 Å². The third-order valence-electron chi connectivity index (χ3n) is 2.72. The molecule has 0 radical (unpaired) electrons. The predicted molar refractivity (Wildman–Crippen MR) is 79.5 cm³/mol. The molecule has 2 amide bonds. The summed E-state index contributed by atoms with van der Waals surface area (Å²) in [5.41, 5.74) is 0.111. The normalized spacial score (nSPS) is 10.4. The van der Waals surface area contributed by atoms with Gasteiger partial charge in [0, 0.05) is 13.1 Å². The minimum Gasteiger partial charge on any atom is -0.478 e. The Kier molecular flexibility index (Phi) is 5.82. The fraction of sp³-hybridized carbons (Fsp3) is 0.429. The highest BCUT2D eigenvalue weighted by molar-refractivity contribution is 6.34. The summed E-state index contributed by atoms with van der Waals surface area (Å²) in [6, 6.07) is 4.28. The maximum absolute atomic E-state index is 12.1. The smallest absolute Gasteiger partial charge is 0.339 e. The molecule has 1 aromatic carbocycles. The molecule has 0 unspecified atom stereocenters. The van der Waals surface area contributed by atoms with Gasteiger partial charge in [0.1, 0.15) is 5.56 Å². The molecular formula is C14H19ClN2O3. The van der Waals surface area contributed by atoms with Gasteiger partial charge in [0.25, 0.3) is 0 Å². The number of urea groups is 1. The monoisotopic (exact) mass is 298 g/mol. The van der Waals surface area contributed by atoms with Crippen LogP contribution in [0.4, 0.5) is 10.5 Å². The van der Waals surface area contributed by atoms with Crippen molar-refractivity contribution in [2.75, 3.05) is 18.4 Å². The van der Waals surface area contributed by atoms with Crippen molar-refractivity contribution in [1.29, 1.82) is 0 Å². The van der Waals surface area contributed by atoms with Crippen molar-refractivity contribution in [3.8, 4) is 0 Å². The van der Waals surface area contributed by atoms with E-state index in [-0.39, 0.29) is 22.3 Å². The van der Waals surface area contributed by atoms with Crippen LogP contribution in [-0.4, -0.2) is 35.1 Å². The van der Waals surface area contributed by atoms with E-state index in [9.17, 15) is 9.59 Å². The Labute approximate surface area is 123 Å². The van der Waals surface area contributed by atoms with Gasteiger partial charge >= 0.3 is 12.0 Å². The van der Waals surface area contributed by atoms with Gasteiger partial charge in [-0.1, -0.05) is 31.5 Å². The van der Waals surface area contributed by atoms with Crippen LogP contribution in [0.15, 0.2) is 18.2 Å². The van der Waals surface area contributed by atoms with Crippen molar-refractivity contribution >= 4 is 29.3 Å². The Hall–Kier alpha value is -1.75. The Morgan fingerprint density at radius 2 is 2.05 bits per heavy atom. The largest absolute Gasteiger partial charge is 0.478 e. The van der Waals surface area contributed by atoms with Crippen molar-refractivity contribution in [3.05, 3.63) is 28.8 Å². The summed E-state index contributed by atoms with van der Waals surface area (Å²) in [4.78, 5) is 25.0. The van der Waals surface area contributed by atoms with Crippen molar-refractivity contribution < 1.29 is 14.7 Å². The molecular weight excluding hydrogens is 280 g/mol. The molecule has 2 N–H and O–H groups in total. The molecule has 1 aromatic rings. The lowest BCUT2D eigenvalue weighted by atomic mass is 10.1. The number of anilines is 1. The fourth-order valence-electron chi connectivity index (χ4n) is 1.84. The van der Waals surface area contributed by atoms with Crippen LogP contribution in [0.3, 0.4) is 0 Å². The molecule has 0 aliphatic rings. The minimum absolute atomic E-state index is 0.0943. The second-order valence-corrected chi connectivity index (χ2v) is 5.24. The van der Waals surface area contributed by atoms with Crippen LogP contribution in [0.1, 0.15) is 31.1 Å². The summed E-state index contributed by atoms with van der Waals surface area (Å²) in [5, 5.41) is 11.9. The number of hydrogen-bond donors (Lipinski definition) is 2. The molecule has 110 valence electrons. The van der Waals surface area contributed by atoms with E-state index in [0.29, 0.717) is 19.0 Å². The standard InChI is InChI=1S/C14H19ClN2O3/c1-4-17(8-9(2)3)14(20)16-11-7-5-6-10(15)12(11)13(18)19/h5-7,9H,4,8H2,1-3H3,(H,16,20)(H,18,19). The number of amides is 2. The van der Waals surface area contributed by atoms with E-state index < -0.39 is 5.97 Å². The quantitative estimate of drug-likeness (QED) is 0.873. The SMILES string of the molecule is CCN(CC(C)C)C(=O)Nc1cccc(Cl)c1C(=O)O. The van der Waals surface area contributed by atoms with E-state index in [4.69, 9.17) is 16.7 Å². The van der Waals surface area contributed by atoms with Gasteiger partial charge in [-0.3, -0.25) is 0 Å². The van der Waals surface area contributed by atoms with Gasteiger partial charge in [0.15, 0.2) is 0 Å². The number of nitrogens with zero attached hydrogens (tertiary/aromatic N) is 1. The molecule has 0 aromatic heterocycles. The lowest BCUT2D eigenvalue weighted by molar-refractivity contribution is 0.0698. The number of nitrogens with one attached hydrogen (secondary N) is 1. The summed E-state index contributed by atoms with van der Waals surface area (Å²) in [6.07, 6.45) is 0. The van der Waals surface area contributed by atoms with Crippen molar-refractivity contribution in [1.82, 2.24) is 4.90 Å². The van der Waals surface area contributed by atoms with Crippen LogP contribution < -0.4 is 5.32 Å². The zero-order valence-corrected chi connectivity index (χ0v) is 12.6. The first-order valence-electron chi connectivity index (χ1n) is 6.44. The highest BCUT2D eigenvalue weighted by atomic mass is 35.5. The number of halogens is 1. The highest BCUT2D eigenvalue weighted by Crippen LogP contribution is 2.24. The van der Waals surface area contributed by atoms with Crippen LogP contribution in [0.25, 0.3) is 0 Å². The van der Waals surface area contributed by atoms with Gasteiger partial charge in [0.05, 0.1) is 10.7 Å². The lowest BCUT2D eigenvalue weighted by Crippen LogP contribution is -2.37. The summed E-state index contributed by atoms with van der Waals surface area (Å²) >= 11 is 5.86. The maximum atomic E-state index is 12.1. The number of carboxylic acids is 1. The first-order valence-corrected chi connectivity index (χ1v) is 6.82. The van der Waals surface area contributed by atoms with Crippen LogP contribution in [0.5, 0.6) is 0 Å². The molecule has 0 aliphatic carbocycles. The number of hydrogen-bond acceptors (Lipinski definition) is 2. The molecule has 5 nitrogen and oxygen atoms in total. The molecule has 1 rings (SSSR count). The molecule has 0 atom stereocenters. The summed E-state index contributed by atoms with van der Waals surface area (Å²) in [6.45, 7) is 7.05. The highest BCUT2D eigenvalue weighted by Gasteiger charge is 2.19. The molecule has 0 fully saturated rings. The molecule has 0 saturated carbocycles.